The molecule has 114 valence electrons. The Kier molecular flexibility index (Phi) is 5.17. The normalized spacial score (nSPS) is 10.1. The van der Waals surface area contributed by atoms with Crippen molar-refractivity contribution in [3.05, 3.63) is 64.2 Å². The summed E-state index contributed by atoms with van der Waals surface area (Å²) in [4.78, 5) is 23.9. The summed E-state index contributed by atoms with van der Waals surface area (Å²) in [6.45, 7) is 3.89. The van der Waals surface area contributed by atoms with Crippen molar-refractivity contribution in [2.24, 2.45) is 0 Å². The van der Waals surface area contributed by atoms with Gasteiger partial charge in [0, 0.05) is 5.56 Å². The molecule has 0 spiro atoms. The second-order valence-electron chi connectivity index (χ2n) is 4.68. The van der Waals surface area contributed by atoms with Gasteiger partial charge in [0.15, 0.2) is 0 Å². The molecule has 0 aliphatic rings. The highest BCUT2D eigenvalue weighted by atomic mass is 35.5. The van der Waals surface area contributed by atoms with Crippen LogP contribution in [0.2, 0.25) is 5.02 Å². The second kappa shape index (κ2) is 7.09. The Hall–Kier alpha value is -2.33. The molecule has 0 aliphatic carbocycles. The number of hydrogen-bond acceptors (Lipinski definition) is 3. The van der Waals surface area contributed by atoms with Crippen molar-refractivity contribution in [2.75, 3.05) is 11.9 Å². The second-order valence-corrected chi connectivity index (χ2v) is 5.09. The fraction of sp³-hybridized carbons (Fsp3) is 0.176. The Morgan fingerprint density at radius 3 is 2.55 bits per heavy atom. The first-order valence-electron chi connectivity index (χ1n) is 6.86. The van der Waals surface area contributed by atoms with Crippen LogP contribution >= 0.6 is 11.6 Å². The third-order valence-electron chi connectivity index (χ3n) is 3.12. The van der Waals surface area contributed by atoms with Crippen LogP contribution in [-0.2, 0) is 4.74 Å². The molecule has 2 rings (SSSR count). The van der Waals surface area contributed by atoms with Gasteiger partial charge in [0.25, 0.3) is 5.91 Å². The third-order valence-corrected chi connectivity index (χ3v) is 3.43. The van der Waals surface area contributed by atoms with Crippen molar-refractivity contribution in [3.63, 3.8) is 0 Å². The first-order valence-corrected chi connectivity index (χ1v) is 7.24. The fourth-order valence-corrected chi connectivity index (χ4v) is 2.20. The van der Waals surface area contributed by atoms with E-state index in [0.29, 0.717) is 23.4 Å². The van der Waals surface area contributed by atoms with Gasteiger partial charge >= 0.3 is 5.97 Å². The molecule has 0 saturated heterocycles. The number of halogens is 1. The highest BCUT2D eigenvalue weighted by Crippen LogP contribution is 2.24. The number of benzene rings is 2. The molecule has 0 saturated carbocycles. The molecule has 0 aliphatic heterocycles. The predicted octanol–water partition coefficient (Wildman–Crippen LogP) is 4.08. The number of carbonyl (C=O) groups is 2. The van der Waals surface area contributed by atoms with Crippen molar-refractivity contribution in [3.8, 4) is 0 Å². The molecule has 22 heavy (non-hydrogen) atoms. The Balaban J connectivity index is 2.19. The van der Waals surface area contributed by atoms with Crippen LogP contribution in [0.1, 0.15) is 33.2 Å². The van der Waals surface area contributed by atoms with E-state index in [9.17, 15) is 9.59 Å². The predicted molar refractivity (Wildman–Crippen MR) is 86.5 cm³/mol. The van der Waals surface area contributed by atoms with Gasteiger partial charge in [-0.3, -0.25) is 4.79 Å². The van der Waals surface area contributed by atoms with Crippen molar-refractivity contribution in [1.82, 2.24) is 0 Å². The van der Waals surface area contributed by atoms with E-state index in [4.69, 9.17) is 16.3 Å². The molecule has 0 atom stereocenters. The molecule has 0 radical (unpaired) electrons. The highest BCUT2D eigenvalue weighted by Gasteiger charge is 2.13. The standard InChI is InChI=1S/C17H16ClNO3/c1-3-22-17(21)12-8-9-15(14(18)10-12)19-16(20)13-7-5-4-6-11(13)2/h4-10H,3H2,1-2H3,(H,19,20). The number of rotatable bonds is 4. The van der Waals surface area contributed by atoms with E-state index in [-0.39, 0.29) is 10.9 Å². The number of carbonyl (C=O) groups excluding carboxylic acids is 2. The average Bonchev–Trinajstić information content (AvgIpc) is 2.49. The van der Waals surface area contributed by atoms with Gasteiger partial charge in [-0.25, -0.2) is 4.79 Å². The number of aryl methyl sites for hydroxylation is 1. The maximum absolute atomic E-state index is 12.2. The van der Waals surface area contributed by atoms with Crippen LogP contribution in [0.25, 0.3) is 0 Å². The van der Waals surface area contributed by atoms with E-state index in [1.54, 1.807) is 31.2 Å². The molecule has 0 bridgehead atoms. The molecule has 0 aromatic heterocycles. The third kappa shape index (κ3) is 3.65. The summed E-state index contributed by atoms with van der Waals surface area (Å²) in [5.74, 6) is -0.690. The monoisotopic (exact) mass is 317 g/mol. The number of anilines is 1. The van der Waals surface area contributed by atoms with Crippen LogP contribution in [0.5, 0.6) is 0 Å². The lowest BCUT2D eigenvalue weighted by Gasteiger charge is -2.10. The molecule has 1 amide bonds. The van der Waals surface area contributed by atoms with Crippen LogP contribution in [0.3, 0.4) is 0 Å². The van der Waals surface area contributed by atoms with E-state index in [2.05, 4.69) is 5.32 Å². The maximum Gasteiger partial charge on any atom is 0.338 e. The van der Waals surface area contributed by atoms with Crippen molar-refractivity contribution in [2.45, 2.75) is 13.8 Å². The lowest BCUT2D eigenvalue weighted by molar-refractivity contribution is 0.0526. The minimum absolute atomic E-state index is 0.246. The van der Waals surface area contributed by atoms with Crippen LogP contribution in [0.4, 0.5) is 5.69 Å². The Labute approximate surface area is 134 Å². The summed E-state index contributed by atoms with van der Waals surface area (Å²) in [6, 6.07) is 11.9. The van der Waals surface area contributed by atoms with E-state index in [0.717, 1.165) is 5.56 Å². The van der Waals surface area contributed by atoms with Gasteiger partial charge in [0.1, 0.15) is 0 Å². The van der Waals surface area contributed by atoms with Gasteiger partial charge < -0.3 is 10.1 Å². The summed E-state index contributed by atoms with van der Waals surface area (Å²) in [5.41, 5.74) is 2.25. The first kappa shape index (κ1) is 16.0. The number of esters is 1. The molecule has 2 aromatic carbocycles. The zero-order valence-electron chi connectivity index (χ0n) is 12.4. The summed E-state index contributed by atoms with van der Waals surface area (Å²) < 4.78 is 4.90. The van der Waals surface area contributed by atoms with E-state index >= 15 is 0 Å². The maximum atomic E-state index is 12.2. The fourth-order valence-electron chi connectivity index (χ4n) is 1.98. The molecule has 1 N–H and O–H groups in total. The molecule has 2 aromatic rings. The Morgan fingerprint density at radius 2 is 1.91 bits per heavy atom. The summed E-state index contributed by atoms with van der Waals surface area (Å²) >= 11 is 6.12. The quantitative estimate of drug-likeness (QED) is 0.864. The smallest absolute Gasteiger partial charge is 0.338 e. The van der Waals surface area contributed by atoms with Crippen LogP contribution in [-0.4, -0.2) is 18.5 Å². The van der Waals surface area contributed by atoms with E-state index in [1.807, 2.05) is 19.1 Å². The first-order chi connectivity index (χ1) is 10.5. The Bertz CT molecular complexity index is 713. The molecular weight excluding hydrogens is 302 g/mol. The van der Waals surface area contributed by atoms with E-state index in [1.165, 1.54) is 6.07 Å². The highest BCUT2D eigenvalue weighted by molar-refractivity contribution is 6.34. The largest absolute Gasteiger partial charge is 0.462 e. The van der Waals surface area contributed by atoms with Gasteiger partial charge in [0.2, 0.25) is 0 Å². The van der Waals surface area contributed by atoms with Gasteiger partial charge in [-0.2, -0.15) is 0 Å². The zero-order valence-corrected chi connectivity index (χ0v) is 13.1. The van der Waals surface area contributed by atoms with Crippen molar-refractivity contribution < 1.29 is 14.3 Å². The molecule has 5 heteroatoms. The number of hydrogen-bond donors (Lipinski definition) is 1. The lowest BCUT2D eigenvalue weighted by Crippen LogP contribution is -2.14. The van der Waals surface area contributed by atoms with Crippen molar-refractivity contribution >= 4 is 29.2 Å². The lowest BCUT2D eigenvalue weighted by atomic mass is 10.1. The molecule has 0 fully saturated rings. The average molecular weight is 318 g/mol. The number of ether oxygens (including phenoxy) is 1. The summed E-state index contributed by atoms with van der Waals surface area (Å²) in [7, 11) is 0. The van der Waals surface area contributed by atoms with Gasteiger partial charge in [-0.1, -0.05) is 29.8 Å². The zero-order chi connectivity index (χ0) is 16.1. The molecular formula is C17H16ClNO3. The molecule has 4 nitrogen and oxygen atoms in total. The number of nitrogens with one attached hydrogen (secondary N) is 1. The topological polar surface area (TPSA) is 55.4 Å². The summed E-state index contributed by atoms with van der Waals surface area (Å²) in [5, 5.41) is 3.03. The van der Waals surface area contributed by atoms with Crippen LogP contribution in [0, 0.1) is 6.92 Å². The Morgan fingerprint density at radius 1 is 1.18 bits per heavy atom. The molecule has 0 unspecified atom stereocenters. The molecule has 0 heterocycles. The van der Waals surface area contributed by atoms with E-state index < -0.39 is 5.97 Å². The summed E-state index contributed by atoms with van der Waals surface area (Å²) in [6.07, 6.45) is 0. The minimum atomic E-state index is -0.443. The van der Waals surface area contributed by atoms with Gasteiger partial charge in [-0.15, -0.1) is 0 Å². The van der Waals surface area contributed by atoms with Crippen LogP contribution in [0.15, 0.2) is 42.5 Å². The minimum Gasteiger partial charge on any atom is -0.462 e. The van der Waals surface area contributed by atoms with Gasteiger partial charge in [-0.05, 0) is 43.7 Å². The SMILES string of the molecule is CCOC(=O)c1ccc(NC(=O)c2ccccc2C)c(Cl)c1. The van der Waals surface area contributed by atoms with Gasteiger partial charge in [0.05, 0.1) is 22.9 Å². The number of amides is 1. The van der Waals surface area contributed by atoms with Crippen LogP contribution < -0.4 is 5.32 Å². The van der Waals surface area contributed by atoms with Crippen molar-refractivity contribution in [1.29, 1.82) is 0 Å².